The van der Waals surface area contributed by atoms with E-state index < -0.39 is 5.82 Å². The molecule has 0 unspecified atom stereocenters. The third-order valence-corrected chi connectivity index (χ3v) is 3.02. The monoisotopic (exact) mass is 315 g/mol. The van der Waals surface area contributed by atoms with Crippen molar-refractivity contribution in [3.8, 4) is 5.88 Å². The quantitative estimate of drug-likeness (QED) is 0.746. The summed E-state index contributed by atoms with van der Waals surface area (Å²) in [5.41, 5.74) is 1.10. The zero-order chi connectivity index (χ0) is 16.1. The lowest BCUT2D eigenvalue weighted by molar-refractivity contribution is 0.366. The number of anilines is 1. The van der Waals surface area contributed by atoms with Crippen molar-refractivity contribution in [1.29, 1.82) is 0 Å². The summed E-state index contributed by atoms with van der Waals surface area (Å²) in [7, 11) is 1.34. The minimum absolute atomic E-state index is 0.127. The van der Waals surface area contributed by atoms with Gasteiger partial charge in [-0.2, -0.15) is 14.4 Å². The molecule has 118 valence electrons. The van der Waals surface area contributed by atoms with Gasteiger partial charge in [0, 0.05) is 6.42 Å². The van der Waals surface area contributed by atoms with Crippen LogP contribution in [0.1, 0.15) is 17.3 Å². The molecule has 0 aliphatic rings. The Morgan fingerprint density at radius 3 is 2.83 bits per heavy atom. The maximum Gasteiger partial charge on any atom is 0.255 e. The van der Waals surface area contributed by atoms with Gasteiger partial charge in [-0.1, -0.05) is 35.5 Å². The Morgan fingerprint density at radius 2 is 2.04 bits per heavy atom. The van der Waals surface area contributed by atoms with Crippen molar-refractivity contribution in [1.82, 2.24) is 20.1 Å². The third kappa shape index (κ3) is 3.79. The molecular formula is C15H14FN5O2. The van der Waals surface area contributed by atoms with Gasteiger partial charge in [-0.05, 0) is 5.56 Å². The average molecular weight is 315 g/mol. The van der Waals surface area contributed by atoms with Gasteiger partial charge in [0.05, 0.1) is 19.9 Å². The molecule has 0 bridgehead atoms. The molecule has 8 heteroatoms. The Labute approximate surface area is 131 Å². The summed E-state index contributed by atoms with van der Waals surface area (Å²) in [4.78, 5) is 12.0. The minimum Gasteiger partial charge on any atom is -0.479 e. The average Bonchev–Trinajstić information content (AvgIpc) is 3.02. The van der Waals surface area contributed by atoms with E-state index in [1.54, 1.807) is 0 Å². The van der Waals surface area contributed by atoms with E-state index in [0.29, 0.717) is 18.1 Å². The molecule has 2 heterocycles. The first-order valence-electron chi connectivity index (χ1n) is 6.90. The highest BCUT2D eigenvalue weighted by Crippen LogP contribution is 2.14. The number of halogens is 1. The predicted octanol–water partition coefficient (Wildman–Crippen LogP) is 2.21. The molecule has 0 saturated carbocycles. The van der Waals surface area contributed by atoms with Gasteiger partial charge in [-0.15, -0.1) is 0 Å². The van der Waals surface area contributed by atoms with Gasteiger partial charge in [0.15, 0.2) is 5.82 Å². The number of hydrogen-bond acceptors (Lipinski definition) is 7. The van der Waals surface area contributed by atoms with E-state index in [1.165, 1.54) is 7.11 Å². The lowest BCUT2D eigenvalue weighted by atomic mass is 10.1. The molecule has 1 N–H and O–H groups in total. The van der Waals surface area contributed by atoms with Crippen LogP contribution in [-0.2, 0) is 13.0 Å². The van der Waals surface area contributed by atoms with Gasteiger partial charge < -0.3 is 14.6 Å². The Kier molecular flexibility index (Phi) is 4.41. The zero-order valence-corrected chi connectivity index (χ0v) is 12.4. The molecule has 0 aliphatic carbocycles. The summed E-state index contributed by atoms with van der Waals surface area (Å²) in [6.45, 7) is 0.233. The zero-order valence-electron chi connectivity index (χ0n) is 12.4. The van der Waals surface area contributed by atoms with E-state index in [4.69, 9.17) is 9.26 Å². The van der Waals surface area contributed by atoms with Crippen molar-refractivity contribution >= 4 is 5.95 Å². The number of methoxy groups -OCH3 is 1. The van der Waals surface area contributed by atoms with Crippen molar-refractivity contribution in [2.24, 2.45) is 0 Å². The van der Waals surface area contributed by atoms with Gasteiger partial charge in [0.2, 0.25) is 17.7 Å². The van der Waals surface area contributed by atoms with E-state index >= 15 is 0 Å². The standard InChI is InChI=1S/C15H14FN5O2/c1-22-14-11(16)8-17-15(20-14)18-9-13-19-12(21-23-13)7-10-5-3-2-4-6-10/h2-6,8H,7,9H2,1H3,(H,17,18,20). The Bertz CT molecular complexity index is 779. The summed E-state index contributed by atoms with van der Waals surface area (Å²) in [5, 5.41) is 6.79. The van der Waals surface area contributed by atoms with Crippen LogP contribution < -0.4 is 10.1 Å². The van der Waals surface area contributed by atoms with E-state index in [-0.39, 0.29) is 18.4 Å². The number of ether oxygens (including phenoxy) is 1. The van der Waals surface area contributed by atoms with Crippen LogP contribution in [0.25, 0.3) is 0 Å². The summed E-state index contributed by atoms with van der Waals surface area (Å²) < 4.78 is 23.2. The fourth-order valence-corrected chi connectivity index (χ4v) is 1.95. The number of nitrogens with one attached hydrogen (secondary N) is 1. The van der Waals surface area contributed by atoms with Crippen LogP contribution in [0, 0.1) is 5.82 Å². The molecule has 0 spiro atoms. The fourth-order valence-electron chi connectivity index (χ4n) is 1.95. The normalized spacial score (nSPS) is 10.5. The maximum atomic E-state index is 13.2. The topological polar surface area (TPSA) is 86.0 Å². The van der Waals surface area contributed by atoms with Crippen molar-refractivity contribution < 1.29 is 13.7 Å². The predicted molar refractivity (Wildman–Crippen MR) is 79.4 cm³/mol. The Hall–Kier alpha value is -3.03. The van der Waals surface area contributed by atoms with E-state index in [0.717, 1.165) is 11.8 Å². The number of rotatable bonds is 6. The van der Waals surface area contributed by atoms with Crippen LogP contribution >= 0.6 is 0 Å². The molecule has 23 heavy (non-hydrogen) atoms. The van der Waals surface area contributed by atoms with E-state index in [1.807, 2.05) is 30.3 Å². The number of aromatic nitrogens is 4. The Balaban J connectivity index is 1.61. The van der Waals surface area contributed by atoms with Crippen LogP contribution in [0.3, 0.4) is 0 Å². The van der Waals surface area contributed by atoms with Crippen LogP contribution in [0.5, 0.6) is 5.88 Å². The molecule has 0 saturated heterocycles. The van der Waals surface area contributed by atoms with Crippen molar-refractivity contribution in [3.63, 3.8) is 0 Å². The SMILES string of the molecule is COc1nc(NCc2nc(Cc3ccccc3)no2)ncc1F. The summed E-state index contributed by atoms with van der Waals surface area (Å²) in [5.74, 6) is 0.443. The highest BCUT2D eigenvalue weighted by Gasteiger charge is 2.10. The first-order chi connectivity index (χ1) is 11.2. The minimum atomic E-state index is -0.624. The van der Waals surface area contributed by atoms with Crippen molar-refractivity contribution in [2.45, 2.75) is 13.0 Å². The van der Waals surface area contributed by atoms with Crippen LogP contribution in [0.2, 0.25) is 0 Å². The molecule has 3 rings (SSSR count). The second kappa shape index (κ2) is 6.82. The summed E-state index contributed by atoms with van der Waals surface area (Å²) in [6.07, 6.45) is 1.62. The largest absolute Gasteiger partial charge is 0.479 e. The smallest absolute Gasteiger partial charge is 0.255 e. The molecule has 0 amide bonds. The number of benzene rings is 1. The van der Waals surface area contributed by atoms with Gasteiger partial charge in [-0.25, -0.2) is 4.98 Å². The fraction of sp³-hybridized carbons (Fsp3) is 0.200. The van der Waals surface area contributed by atoms with Gasteiger partial charge in [0.25, 0.3) is 5.88 Å². The lowest BCUT2D eigenvalue weighted by Crippen LogP contribution is -2.05. The van der Waals surface area contributed by atoms with Gasteiger partial charge in [0.1, 0.15) is 0 Å². The summed E-state index contributed by atoms with van der Waals surface area (Å²) in [6, 6.07) is 9.85. The van der Waals surface area contributed by atoms with Gasteiger partial charge in [-0.3, -0.25) is 0 Å². The molecular weight excluding hydrogens is 301 g/mol. The molecule has 0 aliphatic heterocycles. The molecule has 3 aromatic rings. The molecule has 0 atom stereocenters. The van der Waals surface area contributed by atoms with Gasteiger partial charge >= 0.3 is 0 Å². The van der Waals surface area contributed by atoms with Crippen molar-refractivity contribution in [2.75, 3.05) is 12.4 Å². The van der Waals surface area contributed by atoms with Crippen molar-refractivity contribution in [3.05, 3.63) is 59.6 Å². The Morgan fingerprint density at radius 1 is 1.22 bits per heavy atom. The summed E-state index contributed by atoms with van der Waals surface area (Å²) >= 11 is 0. The third-order valence-electron chi connectivity index (χ3n) is 3.02. The van der Waals surface area contributed by atoms with E-state index in [9.17, 15) is 4.39 Å². The number of nitrogens with zero attached hydrogens (tertiary/aromatic N) is 4. The lowest BCUT2D eigenvalue weighted by Gasteiger charge is -2.04. The molecule has 0 fully saturated rings. The first-order valence-corrected chi connectivity index (χ1v) is 6.90. The van der Waals surface area contributed by atoms with Crippen LogP contribution in [-0.4, -0.2) is 27.2 Å². The molecule has 1 aromatic carbocycles. The van der Waals surface area contributed by atoms with Crippen LogP contribution in [0.4, 0.5) is 10.3 Å². The molecule has 7 nitrogen and oxygen atoms in total. The second-order valence-electron chi connectivity index (χ2n) is 4.67. The highest BCUT2D eigenvalue weighted by molar-refractivity contribution is 5.28. The number of hydrogen-bond donors (Lipinski definition) is 1. The second-order valence-corrected chi connectivity index (χ2v) is 4.67. The first kappa shape index (κ1) is 14.9. The molecule has 0 radical (unpaired) electrons. The highest BCUT2D eigenvalue weighted by atomic mass is 19.1. The van der Waals surface area contributed by atoms with E-state index in [2.05, 4.69) is 25.4 Å². The molecule has 2 aromatic heterocycles. The maximum absolute atomic E-state index is 13.2. The van der Waals surface area contributed by atoms with Crippen LogP contribution in [0.15, 0.2) is 41.1 Å².